The van der Waals surface area contributed by atoms with Crippen molar-refractivity contribution < 1.29 is 4.74 Å². The van der Waals surface area contributed by atoms with E-state index in [1.165, 1.54) is 11.3 Å². The van der Waals surface area contributed by atoms with Crippen LogP contribution in [0.1, 0.15) is 23.5 Å². The zero-order valence-corrected chi connectivity index (χ0v) is 13.0. The fourth-order valence-electron chi connectivity index (χ4n) is 1.74. The topological polar surface area (TPSA) is 35.2 Å². The van der Waals surface area contributed by atoms with Crippen LogP contribution in [-0.4, -0.2) is 6.04 Å². The first-order valence-electron chi connectivity index (χ1n) is 5.91. The number of aryl methyl sites for hydroxylation is 1. The van der Waals surface area contributed by atoms with Gasteiger partial charge in [-0.1, -0.05) is 29.3 Å². The van der Waals surface area contributed by atoms with Crippen molar-refractivity contribution in [3.63, 3.8) is 0 Å². The average Bonchev–Trinajstić information content (AvgIpc) is 2.76. The van der Waals surface area contributed by atoms with Crippen LogP contribution in [-0.2, 0) is 0 Å². The molecule has 2 rings (SSSR count). The second-order valence-electron chi connectivity index (χ2n) is 4.47. The molecule has 0 aliphatic heterocycles. The van der Waals surface area contributed by atoms with Crippen LogP contribution < -0.4 is 10.5 Å². The summed E-state index contributed by atoms with van der Waals surface area (Å²) in [4.78, 5) is 0.998. The van der Waals surface area contributed by atoms with Gasteiger partial charge in [0.25, 0.3) is 0 Å². The van der Waals surface area contributed by atoms with Crippen molar-refractivity contribution in [2.75, 3.05) is 0 Å². The van der Waals surface area contributed by atoms with Crippen molar-refractivity contribution >= 4 is 34.5 Å². The Kier molecular flexibility index (Phi) is 4.74. The zero-order chi connectivity index (χ0) is 14.0. The van der Waals surface area contributed by atoms with Gasteiger partial charge in [0, 0.05) is 10.9 Å². The Balaban J connectivity index is 2.29. The van der Waals surface area contributed by atoms with Crippen molar-refractivity contribution in [3.05, 3.63) is 50.1 Å². The van der Waals surface area contributed by atoms with Crippen LogP contribution >= 0.6 is 34.5 Å². The van der Waals surface area contributed by atoms with E-state index in [2.05, 4.69) is 0 Å². The molecule has 5 heteroatoms. The molecule has 2 nitrogen and oxygen atoms in total. The molecule has 1 aromatic carbocycles. The maximum absolute atomic E-state index is 6.15. The number of thiophene rings is 1. The molecule has 2 N–H and O–H groups in total. The first-order chi connectivity index (χ1) is 8.97. The lowest BCUT2D eigenvalue weighted by atomic mass is 10.1. The van der Waals surface area contributed by atoms with E-state index in [1.54, 1.807) is 0 Å². The standard InChI is InChI=1S/C14H15Cl2NOS/c1-8-3-4-10(15)11(7-8)18-14(9(2)17)12-5-6-13(16)19-12/h3-7,9,14H,17H2,1-2H3. The molecular formula is C14H15Cl2NOS. The lowest BCUT2D eigenvalue weighted by Gasteiger charge is -2.22. The van der Waals surface area contributed by atoms with E-state index in [0.29, 0.717) is 10.8 Å². The van der Waals surface area contributed by atoms with Gasteiger partial charge in [0.05, 0.1) is 9.36 Å². The van der Waals surface area contributed by atoms with Gasteiger partial charge in [-0.2, -0.15) is 0 Å². The third-order valence-electron chi connectivity index (χ3n) is 2.69. The molecule has 0 bridgehead atoms. The molecule has 0 saturated carbocycles. The summed E-state index contributed by atoms with van der Waals surface area (Å²) in [5, 5.41) is 0.582. The van der Waals surface area contributed by atoms with Crippen LogP contribution in [0.2, 0.25) is 9.36 Å². The zero-order valence-electron chi connectivity index (χ0n) is 10.7. The fourth-order valence-corrected chi connectivity index (χ4v) is 3.11. The van der Waals surface area contributed by atoms with Crippen LogP contribution in [0.15, 0.2) is 30.3 Å². The van der Waals surface area contributed by atoms with Crippen LogP contribution in [0.25, 0.3) is 0 Å². The molecule has 1 aromatic heterocycles. The highest BCUT2D eigenvalue weighted by Gasteiger charge is 2.21. The molecule has 0 fully saturated rings. The molecule has 2 aromatic rings. The van der Waals surface area contributed by atoms with E-state index in [4.69, 9.17) is 33.7 Å². The average molecular weight is 316 g/mol. The van der Waals surface area contributed by atoms with E-state index in [0.717, 1.165) is 14.8 Å². The molecule has 0 spiro atoms. The van der Waals surface area contributed by atoms with Crippen molar-refractivity contribution in [2.45, 2.75) is 26.0 Å². The Labute approximate surface area is 127 Å². The van der Waals surface area contributed by atoms with Gasteiger partial charge in [-0.05, 0) is 43.7 Å². The Bertz CT molecular complexity index is 568. The van der Waals surface area contributed by atoms with Gasteiger partial charge in [0.2, 0.25) is 0 Å². The minimum atomic E-state index is -0.253. The summed E-state index contributed by atoms with van der Waals surface area (Å²) in [5.74, 6) is 0.647. The summed E-state index contributed by atoms with van der Waals surface area (Å²) >= 11 is 13.6. The summed E-state index contributed by atoms with van der Waals surface area (Å²) in [7, 11) is 0. The van der Waals surface area contributed by atoms with E-state index >= 15 is 0 Å². The van der Waals surface area contributed by atoms with Crippen molar-refractivity contribution in [1.29, 1.82) is 0 Å². The van der Waals surface area contributed by atoms with Crippen LogP contribution in [0, 0.1) is 6.92 Å². The molecule has 0 aliphatic carbocycles. The molecule has 0 radical (unpaired) electrons. The number of ether oxygens (including phenoxy) is 1. The second kappa shape index (κ2) is 6.14. The summed E-state index contributed by atoms with van der Waals surface area (Å²) in [6.07, 6.45) is -0.253. The first kappa shape index (κ1) is 14.7. The van der Waals surface area contributed by atoms with Crippen LogP contribution in [0.3, 0.4) is 0 Å². The van der Waals surface area contributed by atoms with Crippen LogP contribution in [0.4, 0.5) is 0 Å². The van der Waals surface area contributed by atoms with Gasteiger partial charge in [-0.15, -0.1) is 11.3 Å². The van der Waals surface area contributed by atoms with Gasteiger partial charge in [-0.3, -0.25) is 0 Å². The minimum absolute atomic E-state index is 0.161. The van der Waals surface area contributed by atoms with Crippen molar-refractivity contribution in [2.24, 2.45) is 5.73 Å². The first-order valence-corrected chi connectivity index (χ1v) is 7.48. The Hall–Kier alpha value is -0.740. The highest BCUT2D eigenvalue weighted by Crippen LogP contribution is 2.34. The predicted molar refractivity (Wildman–Crippen MR) is 82.5 cm³/mol. The molecule has 2 atom stereocenters. The van der Waals surface area contributed by atoms with E-state index in [-0.39, 0.29) is 12.1 Å². The number of hydrogen-bond donors (Lipinski definition) is 1. The fraction of sp³-hybridized carbons (Fsp3) is 0.286. The Morgan fingerprint density at radius 3 is 2.53 bits per heavy atom. The lowest BCUT2D eigenvalue weighted by molar-refractivity contribution is 0.184. The van der Waals surface area contributed by atoms with Gasteiger partial charge in [-0.25, -0.2) is 0 Å². The third kappa shape index (κ3) is 3.63. The smallest absolute Gasteiger partial charge is 0.148 e. The highest BCUT2D eigenvalue weighted by atomic mass is 35.5. The van der Waals surface area contributed by atoms with Gasteiger partial charge < -0.3 is 10.5 Å². The molecule has 0 saturated heterocycles. The highest BCUT2D eigenvalue weighted by molar-refractivity contribution is 7.16. The predicted octanol–water partition coefficient (Wildman–Crippen LogP) is 4.83. The third-order valence-corrected chi connectivity index (χ3v) is 4.30. The summed E-state index contributed by atoms with van der Waals surface area (Å²) in [6.45, 7) is 3.90. The van der Waals surface area contributed by atoms with Crippen molar-refractivity contribution in [1.82, 2.24) is 0 Å². The van der Waals surface area contributed by atoms with Gasteiger partial charge in [0.15, 0.2) is 0 Å². The molecule has 102 valence electrons. The molecule has 1 heterocycles. The Morgan fingerprint density at radius 2 is 1.95 bits per heavy atom. The number of rotatable bonds is 4. The van der Waals surface area contributed by atoms with Gasteiger partial charge in [0.1, 0.15) is 11.9 Å². The summed E-state index contributed by atoms with van der Waals surface area (Å²) < 4.78 is 6.70. The lowest BCUT2D eigenvalue weighted by Crippen LogP contribution is -2.28. The molecule has 19 heavy (non-hydrogen) atoms. The van der Waals surface area contributed by atoms with E-state index < -0.39 is 0 Å². The van der Waals surface area contributed by atoms with Crippen molar-refractivity contribution in [3.8, 4) is 5.75 Å². The van der Waals surface area contributed by atoms with Gasteiger partial charge >= 0.3 is 0 Å². The largest absolute Gasteiger partial charge is 0.482 e. The molecule has 0 amide bonds. The normalized spacial score (nSPS) is 14.2. The maximum atomic E-state index is 6.15. The number of nitrogens with two attached hydrogens (primary N) is 1. The summed E-state index contributed by atoms with van der Waals surface area (Å²) in [6, 6.07) is 9.30. The second-order valence-corrected chi connectivity index (χ2v) is 6.63. The Morgan fingerprint density at radius 1 is 1.21 bits per heavy atom. The molecular weight excluding hydrogens is 301 g/mol. The summed E-state index contributed by atoms with van der Waals surface area (Å²) in [5.41, 5.74) is 7.10. The number of hydrogen-bond acceptors (Lipinski definition) is 3. The van der Waals surface area contributed by atoms with Crippen LogP contribution in [0.5, 0.6) is 5.75 Å². The quantitative estimate of drug-likeness (QED) is 0.877. The molecule has 2 unspecified atom stereocenters. The maximum Gasteiger partial charge on any atom is 0.148 e. The minimum Gasteiger partial charge on any atom is -0.482 e. The SMILES string of the molecule is Cc1ccc(Cl)c(OC(c2ccc(Cl)s2)C(C)N)c1. The monoisotopic (exact) mass is 315 g/mol. The number of benzene rings is 1. The van der Waals surface area contributed by atoms with E-state index in [9.17, 15) is 0 Å². The molecule has 0 aliphatic rings. The number of halogens is 2. The van der Waals surface area contributed by atoms with E-state index in [1.807, 2.05) is 44.2 Å².